The normalized spacial score (nSPS) is 21.5. The summed E-state index contributed by atoms with van der Waals surface area (Å²) in [5.41, 5.74) is 2.52. The fourth-order valence-electron chi connectivity index (χ4n) is 2.95. The van der Waals surface area contributed by atoms with Crippen molar-refractivity contribution in [3.05, 3.63) is 35.4 Å². The quantitative estimate of drug-likeness (QED) is 0.926. The zero-order valence-electron chi connectivity index (χ0n) is 13.3. The molecule has 1 saturated heterocycles. The summed E-state index contributed by atoms with van der Waals surface area (Å²) in [6, 6.07) is 8.78. The molecule has 2 atom stereocenters. The maximum absolute atomic E-state index is 12.7. The van der Waals surface area contributed by atoms with Crippen LogP contribution in [-0.4, -0.2) is 29.9 Å². The van der Waals surface area contributed by atoms with Gasteiger partial charge in [0.15, 0.2) is 0 Å². The molecule has 0 spiro atoms. The van der Waals surface area contributed by atoms with E-state index in [9.17, 15) is 4.79 Å². The molecule has 0 aromatic heterocycles. The summed E-state index contributed by atoms with van der Waals surface area (Å²) in [6.07, 6.45) is 1.93. The summed E-state index contributed by atoms with van der Waals surface area (Å²) >= 11 is 0. The summed E-state index contributed by atoms with van der Waals surface area (Å²) in [5.74, 6) is 0.513. The van der Waals surface area contributed by atoms with Gasteiger partial charge in [-0.3, -0.25) is 4.79 Å². The Morgan fingerprint density at radius 1 is 1.38 bits per heavy atom. The van der Waals surface area contributed by atoms with Crippen molar-refractivity contribution in [3.63, 3.8) is 0 Å². The number of nitrogens with one attached hydrogen (secondary N) is 1. The molecule has 1 aliphatic rings. The number of aryl methyl sites for hydroxylation is 1. The van der Waals surface area contributed by atoms with Crippen molar-refractivity contribution in [2.24, 2.45) is 5.92 Å². The van der Waals surface area contributed by atoms with E-state index >= 15 is 0 Å². The average molecular weight is 311 g/mol. The van der Waals surface area contributed by atoms with Gasteiger partial charge in [0.25, 0.3) is 0 Å². The van der Waals surface area contributed by atoms with E-state index in [0.717, 1.165) is 32.5 Å². The maximum Gasteiger partial charge on any atom is 0.226 e. The molecule has 1 fully saturated rings. The average Bonchev–Trinajstić information content (AvgIpc) is 2.46. The number of hydrogen-bond donors (Lipinski definition) is 1. The van der Waals surface area contributed by atoms with E-state index in [1.165, 1.54) is 11.1 Å². The van der Waals surface area contributed by atoms with Crippen LogP contribution in [0.2, 0.25) is 0 Å². The Bertz CT molecular complexity index is 464. The molecule has 0 bridgehead atoms. The molecule has 0 saturated carbocycles. The van der Waals surface area contributed by atoms with Gasteiger partial charge in [0.1, 0.15) is 0 Å². The zero-order valence-corrected chi connectivity index (χ0v) is 14.1. The second kappa shape index (κ2) is 8.40. The molecular formula is C17H27ClN2O. The Balaban J connectivity index is 0.00000220. The summed E-state index contributed by atoms with van der Waals surface area (Å²) in [6.45, 7) is 8.82. The predicted molar refractivity (Wildman–Crippen MR) is 89.7 cm³/mol. The van der Waals surface area contributed by atoms with Crippen LogP contribution in [0.5, 0.6) is 0 Å². The van der Waals surface area contributed by atoms with Gasteiger partial charge in [-0.25, -0.2) is 0 Å². The highest BCUT2D eigenvalue weighted by Crippen LogP contribution is 2.20. The molecule has 1 amide bonds. The van der Waals surface area contributed by atoms with E-state index in [1.54, 1.807) is 0 Å². The number of halogens is 1. The minimum absolute atomic E-state index is 0. The van der Waals surface area contributed by atoms with Crippen molar-refractivity contribution < 1.29 is 4.79 Å². The highest BCUT2D eigenvalue weighted by Gasteiger charge is 2.28. The first-order chi connectivity index (χ1) is 9.61. The minimum Gasteiger partial charge on any atom is -0.338 e. The third-order valence-corrected chi connectivity index (χ3v) is 4.29. The number of benzene rings is 1. The van der Waals surface area contributed by atoms with Crippen LogP contribution in [0.25, 0.3) is 0 Å². The number of nitrogens with zero attached hydrogens (tertiary/aromatic N) is 1. The summed E-state index contributed by atoms with van der Waals surface area (Å²) < 4.78 is 0. The van der Waals surface area contributed by atoms with E-state index in [2.05, 4.69) is 38.2 Å². The summed E-state index contributed by atoms with van der Waals surface area (Å²) in [5, 5.41) is 3.41. The number of carbonyl (C=O) groups is 1. The smallest absolute Gasteiger partial charge is 0.226 e. The molecule has 0 unspecified atom stereocenters. The van der Waals surface area contributed by atoms with Gasteiger partial charge in [-0.1, -0.05) is 24.3 Å². The third kappa shape index (κ3) is 4.72. The minimum atomic E-state index is 0. The largest absolute Gasteiger partial charge is 0.338 e. The van der Waals surface area contributed by atoms with Crippen LogP contribution in [0.15, 0.2) is 24.3 Å². The lowest BCUT2D eigenvalue weighted by molar-refractivity contribution is -0.137. The van der Waals surface area contributed by atoms with Gasteiger partial charge in [0, 0.05) is 25.0 Å². The van der Waals surface area contributed by atoms with Gasteiger partial charge in [0.05, 0.1) is 0 Å². The van der Waals surface area contributed by atoms with Crippen LogP contribution in [-0.2, 0) is 11.3 Å². The maximum atomic E-state index is 12.7. The van der Waals surface area contributed by atoms with Gasteiger partial charge in [-0.2, -0.15) is 0 Å². The molecule has 118 valence electrons. The number of piperidine rings is 1. The Hall–Kier alpha value is -1.06. The highest BCUT2D eigenvalue weighted by molar-refractivity contribution is 5.85. The van der Waals surface area contributed by atoms with Crippen molar-refractivity contribution in [3.8, 4) is 0 Å². The monoisotopic (exact) mass is 310 g/mol. The molecule has 1 aliphatic heterocycles. The molecule has 4 heteroatoms. The first-order valence-electron chi connectivity index (χ1n) is 7.68. The van der Waals surface area contributed by atoms with Gasteiger partial charge in [-0.15, -0.1) is 12.4 Å². The van der Waals surface area contributed by atoms with Crippen molar-refractivity contribution in [1.82, 2.24) is 10.2 Å². The topological polar surface area (TPSA) is 32.3 Å². The molecule has 0 radical (unpaired) electrons. The Morgan fingerprint density at radius 3 is 2.71 bits per heavy atom. The second-order valence-corrected chi connectivity index (χ2v) is 5.86. The van der Waals surface area contributed by atoms with Crippen LogP contribution in [0, 0.1) is 12.8 Å². The second-order valence-electron chi connectivity index (χ2n) is 5.86. The third-order valence-electron chi connectivity index (χ3n) is 4.29. The van der Waals surface area contributed by atoms with E-state index in [1.807, 2.05) is 17.0 Å². The standard InChI is InChI=1S/C17H26N2O.ClH/c1-4-19(12-16-8-6-5-7-13(16)2)17(20)15-9-10-18-14(3)11-15;/h5-8,14-15,18H,4,9-12H2,1-3H3;1H/t14-,15-;/m0./s1. The first-order valence-corrected chi connectivity index (χ1v) is 7.68. The molecule has 0 aliphatic carbocycles. The lowest BCUT2D eigenvalue weighted by Gasteiger charge is -2.32. The lowest BCUT2D eigenvalue weighted by atomic mass is 9.91. The van der Waals surface area contributed by atoms with Crippen LogP contribution >= 0.6 is 12.4 Å². The van der Waals surface area contributed by atoms with Crippen LogP contribution in [0.4, 0.5) is 0 Å². The summed E-state index contributed by atoms with van der Waals surface area (Å²) in [4.78, 5) is 14.7. The summed E-state index contributed by atoms with van der Waals surface area (Å²) in [7, 11) is 0. The number of carbonyl (C=O) groups excluding carboxylic acids is 1. The lowest BCUT2D eigenvalue weighted by Crippen LogP contribution is -2.44. The highest BCUT2D eigenvalue weighted by atomic mass is 35.5. The number of rotatable bonds is 4. The molecule has 1 heterocycles. The first kappa shape index (κ1) is 18.0. The molecule has 3 nitrogen and oxygen atoms in total. The molecule has 1 N–H and O–H groups in total. The van der Waals surface area contributed by atoms with Gasteiger partial charge in [0.2, 0.25) is 5.91 Å². The van der Waals surface area contributed by atoms with Crippen LogP contribution < -0.4 is 5.32 Å². The van der Waals surface area contributed by atoms with Crippen LogP contribution in [0.1, 0.15) is 37.8 Å². The van der Waals surface area contributed by atoms with E-state index in [-0.39, 0.29) is 18.3 Å². The molecule has 2 rings (SSSR count). The predicted octanol–water partition coefficient (Wildman–Crippen LogP) is 3.15. The Morgan fingerprint density at radius 2 is 2.10 bits per heavy atom. The number of amides is 1. The Kier molecular flexibility index (Phi) is 7.20. The Labute approximate surface area is 134 Å². The van der Waals surface area contributed by atoms with Crippen molar-refractivity contribution >= 4 is 18.3 Å². The van der Waals surface area contributed by atoms with E-state index < -0.39 is 0 Å². The SMILES string of the molecule is CCN(Cc1ccccc1C)C(=O)[C@H]1CCN[C@@H](C)C1.Cl. The molecular weight excluding hydrogens is 284 g/mol. The van der Waals surface area contributed by atoms with Crippen LogP contribution in [0.3, 0.4) is 0 Å². The van der Waals surface area contributed by atoms with E-state index in [0.29, 0.717) is 11.9 Å². The number of hydrogen-bond acceptors (Lipinski definition) is 2. The van der Waals surface area contributed by atoms with Crippen molar-refractivity contribution in [1.29, 1.82) is 0 Å². The van der Waals surface area contributed by atoms with Gasteiger partial charge in [-0.05, 0) is 51.3 Å². The molecule has 1 aromatic rings. The zero-order chi connectivity index (χ0) is 14.5. The van der Waals surface area contributed by atoms with Crippen molar-refractivity contribution in [2.45, 2.75) is 46.2 Å². The van der Waals surface area contributed by atoms with Gasteiger partial charge < -0.3 is 10.2 Å². The molecule has 21 heavy (non-hydrogen) atoms. The molecule has 1 aromatic carbocycles. The van der Waals surface area contributed by atoms with Gasteiger partial charge >= 0.3 is 0 Å². The van der Waals surface area contributed by atoms with Crippen molar-refractivity contribution in [2.75, 3.05) is 13.1 Å². The van der Waals surface area contributed by atoms with E-state index in [4.69, 9.17) is 0 Å². The fraction of sp³-hybridized carbons (Fsp3) is 0.588. The fourth-order valence-corrected chi connectivity index (χ4v) is 2.95.